The number of carbonyl (C=O) groups excluding carboxylic acids is 2. The number of rotatable bonds is 6. The summed E-state index contributed by atoms with van der Waals surface area (Å²) in [6.45, 7) is 1.86. The third-order valence-corrected chi connectivity index (χ3v) is 4.11. The second-order valence-corrected chi connectivity index (χ2v) is 5.84. The van der Waals surface area contributed by atoms with Crippen molar-refractivity contribution >= 4 is 11.8 Å². The molecule has 0 spiro atoms. The quantitative estimate of drug-likeness (QED) is 0.820. The summed E-state index contributed by atoms with van der Waals surface area (Å²) < 4.78 is 5.09. The van der Waals surface area contributed by atoms with Gasteiger partial charge in [0.25, 0.3) is 0 Å². The summed E-state index contributed by atoms with van der Waals surface area (Å²) in [4.78, 5) is 25.7. The van der Waals surface area contributed by atoms with Crippen LogP contribution in [0.5, 0.6) is 5.75 Å². The molecule has 0 saturated carbocycles. The molecule has 2 amide bonds. The predicted octanol–water partition coefficient (Wildman–Crippen LogP) is 1.04. The minimum Gasteiger partial charge on any atom is -0.497 e. The number of nitrogens with one attached hydrogen (secondary N) is 1. The van der Waals surface area contributed by atoms with Crippen LogP contribution in [0.4, 0.5) is 0 Å². The summed E-state index contributed by atoms with van der Waals surface area (Å²) in [5, 5.41) is 2.83. The van der Waals surface area contributed by atoms with Crippen molar-refractivity contribution in [1.82, 2.24) is 10.2 Å². The molecule has 0 aromatic heterocycles. The number of hydrogen-bond acceptors (Lipinski definition) is 4. The lowest BCUT2D eigenvalue weighted by molar-refractivity contribution is -0.134. The number of carbonyl (C=O) groups is 2. The van der Waals surface area contributed by atoms with Crippen molar-refractivity contribution in [3.8, 4) is 5.75 Å². The van der Waals surface area contributed by atoms with Crippen LogP contribution in [0.3, 0.4) is 0 Å². The molecular formula is C17H25N3O3. The average Bonchev–Trinajstić information content (AvgIpc) is 2.59. The lowest BCUT2D eigenvalue weighted by atomic mass is 10.1. The molecular weight excluding hydrogens is 294 g/mol. The Bertz CT molecular complexity index is 522. The first-order chi connectivity index (χ1) is 11.1. The van der Waals surface area contributed by atoms with E-state index in [1.807, 2.05) is 24.3 Å². The van der Waals surface area contributed by atoms with Gasteiger partial charge in [0.05, 0.1) is 7.11 Å². The molecule has 6 heteroatoms. The predicted molar refractivity (Wildman–Crippen MR) is 87.9 cm³/mol. The standard InChI is InChI=1S/C17H25N3O3/c1-23-15-4-2-13(3-5-15)12-19-16(21)6-7-17(22)20-10-8-14(18)9-11-20/h2-5,14H,6-12,18H2,1H3,(H,19,21). The highest BCUT2D eigenvalue weighted by Crippen LogP contribution is 2.12. The van der Waals surface area contributed by atoms with Gasteiger partial charge in [0.2, 0.25) is 11.8 Å². The molecule has 1 aromatic rings. The minimum atomic E-state index is -0.108. The molecule has 0 aliphatic carbocycles. The van der Waals surface area contributed by atoms with Crippen molar-refractivity contribution in [3.63, 3.8) is 0 Å². The van der Waals surface area contributed by atoms with E-state index < -0.39 is 0 Å². The fourth-order valence-electron chi connectivity index (χ4n) is 2.56. The number of ether oxygens (including phenoxy) is 1. The lowest BCUT2D eigenvalue weighted by Crippen LogP contribution is -2.43. The van der Waals surface area contributed by atoms with E-state index >= 15 is 0 Å². The number of amides is 2. The first-order valence-corrected chi connectivity index (χ1v) is 8.01. The van der Waals surface area contributed by atoms with E-state index in [2.05, 4.69) is 5.32 Å². The second kappa shape index (κ2) is 8.53. The van der Waals surface area contributed by atoms with E-state index in [9.17, 15) is 9.59 Å². The maximum atomic E-state index is 12.0. The molecule has 1 aliphatic heterocycles. The SMILES string of the molecule is COc1ccc(CNC(=O)CCC(=O)N2CCC(N)CC2)cc1. The van der Waals surface area contributed by atoms with Gasteiger partial charge in [0, 0.05) is 38.5 Å². The summed E-state index contributed by atoms with van der Waals surface area (Å²) in [6.07, 6.45) is 2.16. The van der Waals surface area contributed by atoms with Crippen molar-refractivity contribution < 1.29 is 14.3 Å². The monoisotopic (exact) mass is 319 g/mol. The summed E-state index contributed by atoms with van der Waals surface area (Å²) in [5.41, 5.74) is 6.82. The summed E-state index contributed by atoms with van der Waals surface area (Å²) in [7, 11) is 1.61. The Hall–Kier alpha value is -2.08. The third kappa shape index (κ3) is 5.56. The van der Waals surface area contributed by atoms with Gasteiger partial charge in [0.15, 0.2) is 0 Å². The maximum Gasteiger partial charge on any atom is 0.223 e. The third-order valence-electron chi connectivity index (χ3n) is 4.11. The highest BCUT2D eigenvalue weighted by Gasteiger charge is 2.20. The molecule has 1 fully saturated rings. The van der Waals surface area contributed by atoms with Gasteiger partial charge in [-0.2, -0.15) is 0 Å². The smallest absolute Gasteiger partial charge is 0.223 e. The molecule has 2 rings (SSSR count). The number of nitrogens with two attached hydrogens (primary N) is 1. The van der Waals surface area contributed by atoms with Crippen LogP contribution in [-0.2, 0) is 16.1 Å². The summed E-state index contributed by atoms with van der Waals surface area (Å²) in [6, 6.07) is 7.72. The largest absolute Gasteiger partial charge is 0.497 e. The first kappa shape index (κ1) is 17.3. The van der Waals surface area contributed by atoms with Gasteiger partial charge in [0.1, 0.15) is 5.75 Å². The van der Waals surface area contributed by atoms with Crippen molar-refractivity contribution in [2.75, 3.05) is 20.2 Å². The molecule has 0 unspecified atom stereocenters. The Balaban J connectivity index is 1.67. The molecule has 126 valence electrons. The van der Waals surface area contributed by atoms with Crippen LogP contribution in [0.25, 0.3) is 0 Å². The summed E-state index contributed by atoms with van der Waals surface area (Å²) in [5.74, 6) is 0.714. The van der Waals surface area contributed by atoms with Crippen molar-refractivity contribution in [2.45, 2.75) is 38.3 Å². The number of likely N-dealkylation sites (tertiary alicyclic amines) is 1. The molecule has 1 heterocycles. The number of methoxy groups -OCH3 is 1. The Morgan fingerprint density at radius 3 is 2.48 bits per heavy atom. The molecule has 0 atom stereocenters. The van der Waals surface area contributed by atoms with Gasteiger partial charge in [-0.05, 0) is 30.5 Å². The average molecular weight is 319 g/mol. The van der Waals surface area contributed by atoms with E-state index in [1.165, 1.54) is 0 Å². The Kier molecular flexibility index (Phi) is 6.40. The summed E-state index contributed by atoms with van der Waals surface area (Å²) >= 11 is 0. The van der Waals surface area contributed by atoms with E-state index in [0.29, 0.717) is 19.6 Å². The highest BCUT2D eigenvalue weighted by atomic mass is 16.5. The van der Waals surface area contributed by atoms with Crippen LogP contribution in [-0.4, -0.2) is 43.0 Å². The van der Waals surface area contributed by atoms with Crippen LogP contribution in [0.1, 0.15) is 31.2 Å². The maximum absolute atomic E-state index is 12.0. The fraction of sp³-hybridized carbons (Fsp3) is 0.529. The normalized spacial score (nSPS) is 15.3. The van der Waals surface area contributed by atoms with E-state index in [4.69, 9.17) is 10.5 Å². The van der Waals surface area contributed by atoms with Crippen molar-refractivity contribution in [1.29, 1.82) is 0 Å². The highest BCUT2D eigenvalue weighted by molar-refractivity contribution is 5.83. The van der Waals surface area contributed by atoms with Gasteiger partial charge >= 0.3 is 0 Å². The number of piperidine rings is 1. The van der Waals surface area contributed by atoms with E-state index in [0.717, 1.165) is 24.2 Å². The second-order valence-electron chi connectivity index (χ2n) is 5.84. The van der Waals surface area contributed by atoms with Crippen LogP contribution in [0, 0.1) is 0 Å². The van der Waals surface area contributed by atoms with Crippen molar-refractivity contribution in [3.05, 3.63) is 29.8 Å². The zero-order valence-corrected chi connectivity index (χ0v) is 13.6. The van der Waals surface area contributed by atoms with Gasteiger partial charge in [-0.15, -0.1) is 0 Å². The number of nitrogens with zero attached hydrogens (tertiary/aromatic N) is 1. The van der Waals surface area contributed by atoms with Crippen LogP contribution in [0.2, 0.25) is 0 Å². The lowest BCUT2D eigenvalue weighted by Gasteiger charge is -2.30. The van der Waals surface area contributed by atoms with Gasteiger partial charge < -0.3 is 20.7 Å². The zero-order chi connectivity index (χ0) is 16.7. The van der Waals surface area contributed by atoms with E-state index in [-0.39, 0.29) is 30.7 Å². The molecule has 1 saturated heterocycles. The molecule has 6 nitrogen and oxygen atoms in total. The number of benzene rings is 1. The Morgan fingerprint density at radius 2 is 1.87 bits per heavy atom. The fourth-order valence-corrected chi connectivity index (χ4v) is 2.56. The molecule has 0 bridgehead atoms. The minimum absolute atomic E-state index is 0.0384. The molecule has 3 N–H and O–H groups in total. The van der Waals surface area contributed by atoms with Gasteiger partial charge in [-0.1, -0.05) is 12.1 Å². The molecule has 23 heavy (non-hydrogen) atoms. The topological polar surface area (TPSA) is 84.7 Å². The molecule has 1 aliphatic rings. The molecule has 0 radical (unpaired) electrons. The zero-order valence-electron chi connectivity index (χ0n) is 13.6. The van der Waals surface area contributed by atoms with Gasteiger partial charge in [-0.3, -0.25) is 9.59 Å². The first-order valence-electron chi connectivity index (χ1n) is 8.01. The van der Waals surface area contributed by atoms with Crippen molar-refractivity contribution in [2.24, 2.45) is 5.73 Å². The number of hydrogen-bond donors (Lipinski definition) is 2. The van der Waals surface area contributed by atoms with Crippen LogP contribution >= 0.6 is 0 Å². The van der Waals surface area contributed by atoms with Crippen LogP contribution < -0.4 is 15.8 Å². The molecule has 1 aromatic carbocycles. The van der Waals surface area contributed by atoms with E-state index in [1.54, 1.807) is 12.0 Å². The van der Waals surface area contributed by atoms with Gasteiger partial charge in [-0.25, -0.2) is 0 Å². The van der Waals surface area contributed by atoms with Crippen LogP contribution in [0.15, 0.2) is 24.3 Å². The Labute approximate surface area is 137 Å². The Morgan fingerprint density at radius 1 is 1.22 bits per heavy atom.